The molecule has 0 saturated carbocycles. The van der Waals surface area contributed by atoms with Crippen LogP contribution in [-0.4, -0.2) is 74.0 Å². The van der Waals surface area contributed by atoms with E-state index in [1.807, 2.05) is 24.8 Å². The third-order valence-corrected chi connectivity index (χ3v) is 7.35. The van der Waals surface area contributed by atoms with Gasteiger partial charge in [0.25, 0.3) is 0 Å². The highest BCUT2D eigenvalue weighted by atomic mass is 16.5. The first kappa shape index (κ1) is 25.3. The molecule has 1 fully saturated rings. The quantitative estimate of drug-likeness (QED) is 0.467. The van der Waals surface area contributed by atoms with Gasteiger partial charge in [0, 0.05) is 36.7 Å². The fourth-order valence-corrected chi connectivity index (χ4v) is 5.53. The van der Waals surface area contributed by atoms with E-state index in [2.05, 4.69) is 40.3 Å². The molecule has 37 heavy (non-hydrogen) atoms. The maximum absolute atomic E-state index is 13.7. The number of hydrogen-bond acceptors (Lipinski definition) is 5. The second-order valence-corrected chi connectivity index (χ2v) is 9.47. The van der Waals surface area contributed by atoms with E-state index in [9.17, 15) is 4.79 Å². The first-order valence-corrected chi connectivity index (χ1v) is 13.3. The highest BCUT2D eigenvalue weighted by Crippen LogP contribution is 2.41. The summed E-state index contributed by atoms with van der Waals surface area (Å²) in [6, 6.07) is 10.4. The summed E-state index contributed by atoms with van der Waals surface area (Å²) in [5.74, 6) is 2.34. The first-order chi connectivity index (χ1) is 18.1. The molecular weight excluding hydrogens is 470 g/mol. The number of aromatic amines is 1. The Hall–Kier alpha value is -3.39. The second kappa shape index (κ2) is 11.3. The molecule has 1 atom stereocenters. The first-order valence-electron chi connectivity index (χ1n) is 13.3. The fraction of sp³-hybridized carbons (Fsp3) is 0.483. The summed E-state index contributed by atoms with van der Waals surface area (Å²) in [5, 5.41) is 1.16. The van der Waals surface area contributed by atoms with Crippen LogP contribution in [0.5, 0.6) is 17.2 Å². The van der Waals surface area contributed by atoms with Gasteiger partial charge in [-0.2, -0.15) is 0 Å². The van der Waals surface area contributed by atoms with Crippen LogP contribution in [0.2, 0.25) is 0 Å². The number of methoxy groups -OCH3 is 1. The molecule has 2 aliphatic heterocycles. The summed E-state index contributed by atoms with van der Waals surface area (Å²) < 4.78 is 22.8. The summed E-state index contributed by atoms with van der Waals surface area (Å²) in [5.41, 5.74) is 4.67. The number of amides is 2. The normalized spacial score (nSPS) is 17.5. The minimum Gasteiger partial charge on any atom is -0.494 e. The van der Waals surface area contributed by atoms with Gasteiger partial charge in [-0.15, -0.1) is 0 Å². The number of morpholine rings is 1. The van der Waals surface area contributed by atoms with Crippen molar-refractivity contribution in [1.82, 2.24) is 14.8 Å². The van der Waals surface area contributed by atoms with E-state index in [0.717, 1.165) is 53.0 Å². The predicted molar refractivity (Wildman–Crippen MR) is 143 cm³/mol. The van der Waals surface area contributed by atoms with Crippen LogP contribution in [0.15, 0.2) is 36.5 Å². The maximum Gasteiger partial charge on any atom is 0.320 e. The lowest BCUT2D eigenvalue weighted by Crippen LogP contribution is -2.51. The lowest BCUT2D eigenvalue weighted by molar-refractivity contribution is 0.0376. The zero-order chi connectivity index (χ0) is 25.8. The van der Waals surface area contributed by atoms with Crippen molar-refractivity contribution < 1.29 is 23.7 Å². The zero-order valence-electron chi connectivity index (χ0n) is 22.0. The van der Waals surface area contributed by atoms with Crippen LogP contribution in [-0.2, 0) is 17.6 Å². The molecule has 198 valence electrons. The summed E-state index contributed by atoms with van der Waals surface area (Å²) in [7, 11) is 1.67. The Labute approximate surface area is 218 Å². The molecule has 3 heterocycles. The number of hydrogen-bond donors (Lipinski definition) is 1. The Morgan fingerprint density at radius 1 is 1.05 bits per heavy atom. The Morgan fingerprint density at radius 2 is 1.86 bits per heavy atom. The van der Waals surface area contributed by atoms with E-state index in [1.165, 1.54) is 11.1 Å². The fourth-order valence-electron chi connectivity index (χ4n) is 5.53. The van der Waals surface area contributed by atoms with E-state index in [-0.39, 0.29) is 12.1 Å². The lowest BCUT2D eigenvalue weighted by Gasteiger charge is -2.41. The van der Waals surface area contributed by atoms with Crippen molar-refractivity contribution in [3.05, 3.63) is 53.2 Å². The van der Waals surface area contributed by atoms with Crippen LogP contribution in [0.4, 0.5) is 4.79 Å². The lowest BCUT2D eigenvalue weighted by atomic mass is 9.88. The Kier molecular flexibility index (Phi) is 7.74. The third-order valence-electron chi connectivity index (χ3n) is 7.35. The molecule has 0 bridgehead atoms. The number of fused-ring (bicyclic) bond motifs is 2. The molecule has 3 aromatic rings. The smallest absolute Gasteiger partial charge is 0.320 e. The molecule has 0 aliphatic carbocycles. The summed E-state index contributed by atoms with van der Waals surface area (Å²) >= 11 is 0. The van der Waals surface area contributed by atoms with Gasteiger partial charge in [0.05, 0.1) is 39.6 Å². The molecule has 2 aliphatic rings. The number of rotatable bonds is 8. The number of nitrogens with one attached hydrogen (secondary N) is 1. The molecule has 0 radical (unpaired) electrons. The largest absolute Gasteiger partial charge is 0.494 e. The predicted octanol–water partition coefficient (Wildman–Crippen LogP) is 4.96. The van der Waals surface area contributed by atoms with E-state index in [0.29, 0.717) is 46.1 Å². The second-order valence-electron chi connectivity index (χ2n) is 9.47. The number of H-pyrrole nitrogens is 1. The van der Waals surface area contributed by atoms with E-state index < -0.39 is 0 Å². The number of aryl methyl sites for hydroxylation is 1. The Bertz CT molecular complexity index is 1230. The summed E-state index contributed by atoms with van der Waals surface area (Å²) in [6.45, 7) is 8.25. The van der Waals surface area contributed by atoms with E-state index in [1.54, 1.807) is 7.11 Å². The van der Waals surface area contributed by atoms with Crippen LogP contribution in [0.1, 0.15) is 43.0 Å². The Morgan fingerprint density at radius 3 is 2.62 bits per heavy atom. The number of carbonyl (C=O) groups excluding carboxylic acids is 1. The maximum atomic E-state index is 13.7. The van der Waals surface area contributed by atoms with Gasteiger partial charge in [-0.1, -0.05) is 0 Å². The van der Waals surface area contributed by atoms with Crippen LogP contribution in [0.3, 0.4) is 0 Å². The summed E-state index contributed by atoms with van der Waals surface area (Å²) in [4.78, 5) is 21.1. The molecule has 2 amide bonds. The average Bonchev–Trinajstić information content (AvgIpc) is 3.34. The number of benzene rings is 2. The van der Waals surface area contributed by atoms with Crippen LogP contribution < -0.4 is 14.2 Å². The van der Waals surface area contributed by atoms with Crippen molar-refractivity contribution in [3.63, 3.8) is 0 Å². The number of carbonyl (C=O) groups is 1. The van der Waals surface area contributed by atoms with Gasteiger partial charge in [0.2, 0.25) is 0 Å². The minimum atomic E-state index is -0.0655. The number of nitrogens with zero attached hydrogens (tertiary/aromatic N) is 2. The van der Waals surface area contributed by atoms with Gasteiger partial charge in [-0.25, -0.2) is 4.79 Å². The summed E-state index contributed by atoms with van der Waals surface area (Å²) in [6.07, 6.45) is 4.49. The molecule has 8 nitrogen and oxygen atoms in total. The molecule has 0 spiro atoms. The van der Waals surface area contributed by atoms with Gasteiger partial charge in [0.15, 0.2) is 11.5 Å². The molecule has 2 aromatic carbocycles. The molecular formula is C29H37N3O5. The van der Waals surface area contributed by atoms with Crippen molar-refractivity contribution in [3.8, 4) is 17.2 Å². The topological polar surface area (TPSA) is 76.3 Å². The zero-order valence-corrected chi connectivity index (χ0v) is 22.0. The number of ether oxygens (including phenoxy) is 4. The van der Waals surface area contributed by atoms with E-state index in [4.69, 9.17) is 18.9 Å². The van der Waals surface area contributed by atoms with Crippen molar-refractivity contribution in [2.75, 3.05) is 53.2 Å². The van der Waals surface area contributed by atoms with Crippen LogP contribution in [0.25, 0.3) is 10.9 Å². The monoisotopic (exact) mass is 507 g/mol. The molecule has 5 rings (SSSR count). The van der Waals surface area contributed by atoms with Crippen molar-refractivity contribution in [2.45, 2.75) is 39.2 Å². The average molecular weight is 508 g/mol. The molecule has 1 unspecified atom stereocenters. The van der Waals surface area contributed by atoms with Crippen LogP contribution in [0, 0.1) is 0 Å². The van der Waals surface area contributed by atoms with Gasteiger partial charge >= 0.3 is 6.03 Å². The van der Waals surface area contributed by atoms with Crippen LogP contribution >= 0.6 is 0 Å². The van der Waals surface area contributed by atoms with Gasteiger partial charge < -0.3 is 33.7 Å². The molecule has 1 aromatic heterocycles. The van der Waals surface area contributed by atoms with Crippen molar-refractivity contribution in [1.29, 1.82) is 0 Å². The highest BCUT2D eigenvalue weighted by Gasteiger charge is 2.35. The van der Waals surface area contributed by atoms with Gasteiger partial charge in [-0.3, -0.25) is 0 Å². The molecule has 1 saturated heterocycles. The highest BCUT2D eigenvalue weighted by molar-refractivity contribution is 5.84. The SMILES string of the molecule is CCOc1ccc2[nH]cc(CCC3c4cc(OCC)c(OC)cc4CCN3C(=O)N3CCOCC3)c2c1. The Balaban J connectivity index is 1.47. The molecule has 1 N–H and O–H groups in total. The standard InChI is InChI=1S/C29H37N3O5/c1-4-36-22-7-8-25-23(17-22)21(19-30-25)6-9-26-24-18-28(37-5-2)27(34-3)16-20(24)10-11-32(26)29(33)31-12-14-35-15-13-31/h7-8,16-19,26,30H,4-6,9-15H2,1-3H3. The van der Waals surface area contributed by atoms with E-state index >= 15 is 0 Å². The molecule has 8 heteroatoms. The third kappa shape index (κ3) is 5.21. The van der Waals surface area contributed by atoms with Gasteiger partial charge in [-0.05, 0) is 80.1 Å². The van der Waals surface area contributed by atoms with Gasteiger partial charge in [0.1, 0.15) is 5.75 Å². The number of urea groups is 1. The van der Waals surface area contributed by atoms with Crippen molar-refractivity contribution >= 4 is 16.9 Å². The minimum absolute atomic E-state index is 0.0655. The number of aromatic nitrogens is 1. The van der Waals surface area contributed by atoms with Crippen molar-refractivity contribution in [2.24, 2.45) is 0 Å².